The molecule has 0 atom stereocenters. The van der Waals surface area contributed by atoms with Crippen LogP contribution in [0.15, 0.2) is 47.4 Å². The molecule has 0 saturated heterocycles. The van der Waals surface area contributed by atoms with Crippen LogP contribution in [0.2, 0.25) is 0 Å². The normalized spacial score (nSPS) is 9.85. The van der Waals surface area contributed by atoms with E-state index in [1.165, 1.54) is 12.3 Å². The molecule has 0 saturated carbocycles. The van der Waals surface area contributed by atoms with Crippen molar-refractivity contribution >= 4 is 11.6 Å². The monoisotopic (exact) mass is 274 g/mol. The van der Waals surface area contributed by atoms with Gasteiger partial charge in [0.2, 0.25) is 0 Å². The van der Waals surface area contributed by atoms with Crippen LogP contribution < -0.4 is 20.3 Å². The number of carbonyl (C=O) groups is 1. The van der Waals surface area contributed by atoms with Crippen molar-refractivity contribution in [1.82, 2.24) is 4.98 Å². The lowest BCUT2D eigenvalue weighted by atomic mass is 10.3. The Hall–Kier alpha value is -2.76. The standard InChI is InChI=1S/C14H14N2O4/c1-19-10-4-2-5-11(8-10)20-9-13(17)16-12-6-3-7-15-14(12)18/h2-8H,9H2,1H3,(H,15,18)(H,16,17). The molecule has 6 heteroatoms. The fraction of sp³-hybridized carbons (Fsp3) is 0.143. The Morgan fingerprint density at radius 3 is 2.80 bits per heavy atom. The van der Waals surface area contributed by atoms with E-state index < -0.39 is 5.91 Å². The summed E-state index contributed by atoms with van der Waals surface area (Å²) in [6.07, 6.45) is 1.49. The number of amides is 1. The van der Waals surface area contributed by atoms with Crippen LogP contribution in [0.25, 0.3) is 0 Å². The fourth-order valence-electron chi connectivity index (χ4n) is 1.55. The number of nitrogens with one attached hydrogen (secondary N) is 2. The Morgan fingerprint density at radius 1 is 1.25 bits per heavy atom. The highest BCUT2D eigenvalue weighted by Gasteiger charge is 2.06. The van der Waals surface area contributed by atoms with Crippen molar-refractivity contribution in [3.05, 3.63) is 52.9 Å². The van der Waals surface area contributed by atoms with Gasteiger partial charge in [0.1, 0.15) is 17.2 Å². The van der Waals surface area contributed by atoms with Gasteiger partial charge in [-0.25, -0.2) is 0 Å². The molecule has 1 aromatic carbocycles. The molecule has 2 N–H and O–H groups in total. The van der Waals surface area contributed by atoms with Crippen molar-refractivity contribution in [2.24, 2.45) is 0 Å². The van der Waals surface area contributed by atoms with Crippen LogP contribution >= 0.6 is 0 Å². The van der Waals surface area contributed by atoms with Crippen LogP contribution in [-0.4, -0.2) is 24.6 Å². The number of ether oxygens (including phenoxy) is 2. The Balaban J connectivity index is 1.92. The summed E-state index contributed by atoms with van der Waals surface area (Å²) in [5, 5.41) is 2.47. The molecule has 2 rings (SSSR count). The van der Waals surface area contributed by atoms with Gasteiger partial charge < -0.3 is 19.8 Å². The summed E-state index contributed by atoms with van der Waals surface area (Å²) in [7, 11) is 1.55. The van der Waals surface area contributed by atoms with Crippen LogP contribution in [0.1, 0.15) is 0 Å². The lowest BCUT2D eigenvalue weighted by Gasteiger charge is -2.08. The molecule has 0 bridgehead atoms. The molecule has 1 heterocycles. The van der Waals surface area contributed by atoms with Gasteiger partial charge in [-0.05, 0) is 24.3 Å². The Kier molecular flexibility index (Phi) is 4.39. The second-order valence-electron chi connectivity index (χ2n) is 3.93. The van der Waals surface area contributed by atoms with Crippen LogP contribution in [-0.2, 0) is 4.79 Å². The summed E-state index contributed by atoms with van der Waals surface area (Å²) in [5.74, 6) is 0.744. The molecule has 0 fully saturated rings. The minimum Gasteiger partial charge on any atom is -0.497 e. The van der Waals surface area contributed by atoms with Gasteiger partial charge in [0.25, 0.3) is 11.5 Å². The summed E-state index contributed by atoms with van der Waals surface area (Å²) >= 11 is 0. The number of anilines is 1. The first-order valence-corrected chi connectivity index (χ1v) is 5.93. The SMILES string of the molecule is COc1cccc(OCC(=O)Nc2ccc[nH]c2=O)c1. The van der Waals surface area contributed by atoms with Crippen molar-refractivity contribution in [1.29, 1.82) is 0 Å². The number of hydrogen-bond donors (Lipinski definition) is 2. The van der Waals surface area contributed by atoms with Crippen LogP contribution in [0.3, 0.4) is 0 Å². The lowest BCUT2D eigenvalue weighted by molar-refractivity contribution is -0.118. The van der Waals surface area contributed by atoms with Crippen LogP contribution in [0.5, 0.6) is 11.5 Å². The molecule has 2 aromatic rings. The van der Waals surface area contributed by atoms with Crippen molar-refractivity contribution in [3.8, 4) is 11.5 Å². The summed E-state index contributed by atoms with van der Waals surface area (Å²) < 4.78 is 10.4. The maximum absolute atomic E-state index is 11.7. The molecule has 0 radical (unpaired) electrons. The van der Waals surface area contributed by atoms with E-state index in [0.29, 0.717) is 11.5 Å². The van der Waals surface area contributed by atoms with Crippen LogP contribution in [0.4, 0.5) is 5.69 Å². The number of H-pyrrole nitrogens is 1. The number of pyridine rings is 1. The smallest absolute Gasteiger partial charge is 0.271 e. The van der Waals surface area contributed by atoms with Gasteiger partial charge in [0, 0.05) is 12.3 Å². The topological polar surface area (TPSA) is 80.4 Å². The predicted molar refractivity (Wildman–Crippen MR) is 74.2 cm³/mol. The number of carbonyl (C=O) groups excluding carboxylic acids is 1. The molecule has 20 heavy (non-hydrogen) atoms. The van der Waals surface area contributed by atoms with Gasteiger partial charge >= 0.3 is 0 Å². The quantitative estimate of drug-likeness (QED) is 0.863. The second-order valence-corrected chi connectivity index (χ2v) is 3.93. The zero-order valence-corrected chi connectivity index (χ0v) is 10.9. The third-order valence-corrected chi connectivity index (χ3v) is 2.50. The van der Waals surface area contributed by atoms with E-state index in [1.54, 1.807) is 37.4 Å². The Labute approximate surface area is 115 Å². The van der Waals surface area contributed by atoms with E-state index in [9.17, 15) is 9.59 Å². The zero-order valence-electron chi connectivity index (χ0n) is 10.9. The highest BCUT2D eigenvalue weighted by Crippen LogP contribution is 2.18. The van der Waals surface area contributed by atoms with Crippen molar-refractivity contribution in [2.45, 2.75) is 0 Å². The van der Waals surface area contributed by atoms with Crippen molar-refractivity contribution in [2.75, 3.05) is 19.0 Å². The number of methoxy groups -OCH3 is 1. The third-order valence-electron chi connectivity index (χ3n) is 2.50. The second kappa shape index (κ2) is 6.42. The first kappa shape index (κ1) is 13.7. The van der Waals surface area contributed by atoms with Gasteiger partial charge in [-0.2, -0.15) is 0 Å². The first-order chi connectivity index (χ1) is 9.69. The van der Waals surface area contributed by atoms with Crippen molar-refractivity contribution < 1.29 is 14.3 Å². The molecule has 0 unspecified atom stereocenters. The Morgan fingerprint density at radius 2 is 2.05 bits per heavy atom. The molecule has 0 aliphatic carbocycles. The van der Waals surface area contributed by atoms with Gasteiger partial charge in [-0.3, -0.25) is 9.59 Å². The fourth-order valence-corrected chi connectivity index (χ4v) is 1.55. The predicted octanol–water partition coefficient (Wildman–Crippen LogP) is 1.40. The van der Waals surface area contributed by atoms with Gasteiger partial charge in [-0.15, -0.1) is 0 Å². The number of aromatic amines is 1. The maximum atomic E-state index is 11.7. The van der Waals surface area contributed by atoms with Crippen molar-refractivity contribution in [3.63, 3.8) is 0 Å². The molecule has 1 amide bonds. The van der Waals surface area contributed by atoms with Crippen LogP contribution in [0, 0.1) is 0 Å². The minimum absolute atomic E-state index is 0.187. The maximum Gasteiger partial charge on any atom is 0.271 e. The number of rotatable bonds is 5. The van der Waals surface area contributed by atoms with Gasteiger partial charge in [0.15, 0.2) is 6.61 Å². The molecular formula is C14H14N2O4. The Bertz CT molecular complexity index is 651. The van der Waals surface area contributed by atoms with E-state index in [-0.39, 0.29) is 17.9 Å². The molecule has 0 spiro atoms. The lowest BCUT2D eigenvalue weighted by Crippen LogP contribution is -2.24. The third kappa shape index (κ3) is 3.61. The average Bonchev–Trinajstić information content (AvgIpc) is 2.48. The number of benzene rings is 1. The molecule has 104 valence electrons. The number of aromatic nitrogens is 1. The van der Waals surface area contributed by atoms with E-state index in [0.717, 1.165) is 0 Å². The highest BCUT2D eigenvalue weighted by atomic mass is 16.5. The molecular weight excluding hydrogens is 260 g/mol. The minimum atomic E-state index is -0.412. The number of hydrogen-bond acceptors (Lipinski definition) is 4. The van der Waals surface area contributed by atoms with E-state index >= 15 is 0 Å². The van der Waals surface area contributed by atoms with E-state index in [4.69, 9.17) is 9.47 Å². The first-order valence-electron chi connectivity index (χ1n) is 5.93. The summed E-state index contributed by atoms with van der Waals surface area (Å²) in [4.78, 5) is 25.5. The highest BCUT2D eigenvalue weighted by molar-refractivity contribution is 5.91. The largest absolute Gasteiger partial charge is 0.497 e. The summed E-state index contributed by atoms with van der Waals surface area (Å²) in [5.41, 5.74) is -0.172. The van der Waals surface area contributed by atoms with E-state index in [2.05, 4.69) is 10.3 Å². The van der Waals surface area contributed by atoms with Gasteiger partial charge in [-0.1, -0.05) is 6.07 Å². The molecule has 0 aliphatic rings. The average molecular weight is 274 g/mol. The van der Waals surface area contributed by atoms with Gasteiger partial charge in [0.05, 0.1) is 7.11 Å². The molecule has 1 aromatic heterocycles. The van der Waals surface area contributed by atoms with E-state index in [1.807, 2.05) is 0 Å². The molecule has 0 aliphatic heterocycles. The summed E-state index contributed by atoms with van der Waals surface area (Å²) in [6, 6.07) is 10.1. The zero-order chi connectivity index (χ0) is 14.4. The molecule has 6 nitrogen and oxygen atoms in total. The summed E-state index contributed by atoms with van der Waals surface area (Å²) in [6.45, 7) is -0.193.